The minimum atomic E-state index is -0.698. The van der Waals surface area contributed by atoms with Crippen molar-refractivity contribution in [2.24, 2.45) is 22.7 Å². The molecule has 2 N–H and O–H groups in total. The molecule has 0 aromatic heterocycles. The highest BCUT2D eigenvalue weighted by Gasteiger charge is 2.65. The fourth-order valence-electron chi connectivity index (χ4n) is 7.36. The lowest BCUT2D eigenvalue weighted by Crippen LogP contribution is -2.62. The van der Waals surface area contributed by atoms with E-state index in [-0.39, 0.29) is 28.8 Å². The van der Waals surface area contributed by atoms with Gasteiger partial charge in [0.2, 0.25) is 0 Å². The van der Waals surface area contributed by atoms with Gasteiger partial charge in [-0.1, -0.05) is 31.1 Å². The molecule has 6 atom stereocenters. The average Bonchev–Trinajstić information content (AvgIpc) is 2.99. The van der Waals surface area contributed by atoms with Crippen LogP contribution in [-0.4, -0.2) is 35.0 Å². The first-order valence-corrected chi connectivity index (χ1v) is 10.6. The van der Waals surface area contributed by atoms with Crippen LogP contribution in [0.3, 0.4) is 0 Å². The Kier molecular flexibility index (Phi) is 4.40. The number of hydrogen-bond donors (Lipinski definition) is 2. The first-order chi connectivity index (χ1) is 12.7. The molecule has 0 aromatic rings. The van der Waals surface area contributed by atoms with Crippen LogP contribution in [0, 0.1) is 22.7 Å². The molecule has 0 aliphatic heterocycles. The van der Waals surface area contributed by atoms with E-state index in [4.69, 9.17) is 4.74 Å². The van der Waals surface area contributed by atoms with Gasteiger partial charge in [0.15, 0.2) is 0 Å². The molecule has 27 heavy (non-hydrogen) atoms. The number of aliphatic hydroxyl groups excluding tert-OH is 1. The second-order valence-electron chi connectivity index (χ2n) is 9.86. The fraction of sp³-hybridized carbons (Fsp3) is 0.783. The van der Waals surface area contributed by atoms with E-state index in [2.05, 4.69) is 13.8 Å². The van der Waals surface area contributed by atoms with Crippen molar-refractivity contribution in [1.82, 2.24) is 0 Å². The topological polar surface area (TPSA) is 66.8 Å². The van der Waals surface area contributed by atoms with Crippen molar-refractivity contribution in [2.45, 2.75) is 83.8 Å². The lowest BCUT2D eigenvalue weighted by atomic mass is 9.44. The van der Waals surface area contributed by atoms with E-state index in [0.29, 0.717) is 5.92 Å². The third-order valence-corrected chi connectivity index (χ3v) is 9.00. The van der Waals surface area contributed by atoms with Gasteiger partial charge in [-0.2, -0.15) is 0 Å². The van der Waals surface area contributed by atoms with Crippen LogP contribution in [0.5, 0.6) is 0 Å². The van der Waals surface area contributed by atoms with Crippen LogP contribution >= 0.6 is 0 Å². The molecule has 1 unspecified atom stereocenters. The number of carbonyl (C=O) groups is 1. The second-order valence-corrected chi connectivity index (χ2v) is 9.86. The van der Waals surface area contributed by atoms with Gasteiger partial charge in [0, 0.05) is 11.0 Å². The number of aliphatic hydroxyl groups is 2. The van der Waals surface area contributed by atoms with E-state index >= 15 is 0 Å². The van der Waals surface area contributed by atoms with E-state index in [9.17, 15) is 15.0 Å². The minimum Gasteiger partial charge on any atom is -0.466 e. The Morgan fingerprint density at radius 2 is 1.81 bits per heavy atom. The van der Waals surface area contributed by atoms with Crippen LogP contribution in [0.2, 0.25) is 0 Å². The molecule has 4 nitrogen and oxygen atoms in total. The van der Waals surface area contributed by atoms with Gasteiger partial charge >= 0.3 is 5.97 Å². The van der Waals surface area contributed by atoms with E-state index in [0.717, 1.165) is 56.9 Å². The van der Waals surface area contributed by atoms with Crippen molar-refractivity contribution < 1.29 is 19.7 Å². The van der Waals surface area contributed by atoms with E-state index in [1.54, 1.807) is 0 Å². The third-order valence-electron chi connectivity index (χ3n) is 9.00. The maximum absolute atomic E-state index is 12.2. The predicted octanol–water partition coefficient (Wildman–Crippen LogP) is 3.91. The zero-order valence-corrected chi connectivity index (χ0v) is 17.2. The molecule has 0 bridgehead atoms. The summed E-state index contributed by atoms with van der Waals surface area (Å²) in [5.74, 6) is 0.461. The van der Waals surface area contributed by atoms with Crippen LogP contribution in [-0.2, 0) is 9.53 Å². The average molecular weight is 375 g/mol. The van der Waals surface area contributed by atoms with Crippen molar-refractivity contribution in [2.75, 3.05) is 7.11 Å². The zero-order valence-electron chi connectivity index (χ0n) is 17.2. The molecular formula is C23H34O4. The molecule has 0 heterocycles. The monoisotopic (exact) mass is 374 g/mol. The summed E-state index contributed by atoms with van der Waals surface area (Å²) >= 11 is 0. The maximum Gasteiger partial charge on any atom is 0.333 e. The molecule has 4 rings (SSSR count). The van der Waals surface area contributed by atoms with Gasteiger partial charge in [-0.05, 0) is 75.5 Å². The lowest BCUT2D eigenvalue weighted by Gasteiger charge is -2.62. The quantitative estimate of drug-likeness (QED) is 0.415. The molecular weight excluding hydrogens is 340 g/mol. The number of fused-ring (bicyclic) bond motifs is 5. The van der Waals surface area contributed by atoms with Crippen molar-refractivity contribution in [1.29, 1.82) is 0 Å². The first-order valence-electron chi connectivity index (χ1n) is 10.6. The van der Waals surface area contributed by atoms with Crippen LogP contribution < -0.4 is 0 Å². The lowest BCUT2D eigenvalue weighted by molar-refractivity contribution is -0.185. The number of esters is 1. The molecule has 3 saturated carbocycles. The summed E-state index contributed by atoms with van der Waals surface area (Å²) in [7, 11) is 1.45. The Balaban J connectivity index is 1.72. The zero-order chi connectivity index (χ0) is 19.6. The van der Waals surface area contributed by atoms with Crippen LogP contribution in [0.1, 0.15) is 72.1 Å². The third kappa shape index (κ3) is 2.45. The molecule has 3 fully saturated rings. The van der Waals surface area contributed by atoms with Crippen LogP contribution in [0.15, 0.2) is 22.8 Å². The van der Waals surface area contributed by atoms with Crippen molar-refractivity contribution in [3.8, 4) is 0 Å². The number of methoxy groups -OCH3 is 1. The highest BCUT2D eigenvalue weighted by atomic mass is 16.5. The molecule has 0 saturated heterocycles. The molecule has 0 radical (unpaired) electrons. The number of allylic oxidation sites excluding steroid dienone is 1. The number of rotatable bonds is 1. The summed E-state index contributed by atoms with van der Waals surface area (Å²) in [6.07, 6.45) is 8.89. The minimum absolute atomic E-state index is 0.0130. The van der Waals surface area contributed by atoms with Crippen LogP contribution in [0.25, 0.3) is 0 Å². The molecule has 4 aliphatic carbocycles. The fourth-order valence-corrected chi connectivity index (χ4v) is 7.36. The van der Waals surface area contributed by atoms with Crippen molar-refractivity contribution in [3.63, 3.8) is 0 Å². The molecule has 150 valence electrons. The SMILES string of the molecule is COC(=O)C(C)=C1CC[C@H]2[C@@H]3CCC4=CC(O)CC[C@]4(C)[C@@]3(O)CC[C@]12C. The standard InChI is InChI=1S/C23H34O4/c1-14(20(25)27-4)17-7-8-18-19-6-5-15-13-16(24)9-10-22(15,3)23(19,26)12-11-21(17,18)2/h13,16,18-19,24,26H,5-12H2,1-4H3/t16?,18-,19-,21+,22-,23+/m0/s1. The van der Waals surface area contributed by atoms with Gasteiger partial charge in [-0.3, -0.25) is 0 Å². The highest BCUT2D eigenvalue weighted by Crippen LogP contribution is 2.68. The van der Waals surface area contributed by atoms with E-state index in [1.807, 2.05) is 13.0 Å². The Hall–Kier alpha value is -1.13. The summed E-state index contributed by atoms with van der Waals surface area (Å²) in [5, 5.41) is 22.1. The smallest absolute Gasteiger partial charge is 0.333 e. The van der Waals surface area contributed by atoms with Gasteiger partial charge < -0.3 is 14.9 Å². The Morgan fingerprint density at radius 1 is 1.11 bits per heavy atom. The number of ether oxygens (including phenoxy) is 1. The largest absolute Gasteiger partial charge is 0.466 e. The molecule has 4 aliphatic rings. The Morgan fingerprint density at radius 3 is 2.52 bits per heavy atom. The predicted molar refractivity (Wildman–Crippen MR) is 104 cm³/mol. The van der Waals surface area contributed by atoms with Gasteiger partial charge in [0.05, 0.1) is 18.8 Å². The summed E-state index contributed by atoms with van der Waals surface area (Å²) in [6, 6.07) is 0. The van der Waals surface area contributed by atoms with Gasteiger partial charge in [0.1, 0.15) is 0 Å². The first kappa shape index (κ1) is 19.2. The summed E-state index contributed by atoms with van der Waals surface area (Å²) < 4.78 is 5.00. The summed E-state index contributed by atoms with van der Waals surface area (Å²) in [6.45, 7) is 6.44. The summed E-state index contributed by atoms with van der Waals surface area (Å²) in [4.78, 5) is 12.2. The highest BCUT2D eigenvalue weighted by molar-refractivity contribution is 5.89. The van der Waals surface area contributed by atoms with Crippen LogP contribution in [0.4, 0.5) is 0 Å². The number of carbonyl (C=O) groups excluding carboxylic acids is 1. The van der Waals surface area contributed by atoms with Gasteiger partial charge in [-0.25, -0.2) is 4.79 Å². The molecule has 0 amide bonds. The summed E-state index contributed by atoms with van der Waals surface area (Å²) in [5.41, 5.74) is 2.36. The molecule has 0 spiro atoms. The maximum atomic E-state index is 12.2. The van der Waals surface area contributed by atoms with Crippen molar-refractivity contribution in [3.05, 3.63) is 22.8 Å². The normalized spacial score (nSPS) is 48.1. The van der Waals surface area contributed by atoms with E-state index in [1.165, 1.54) is 18.3 Å². The second kappa shape index (κ2) is 6.18. The van der Waals surface area contributed by atoms with Gasteiger partial charge in [-0.15, -0.1) is 0 Å². The van der Waals surface area contributed by atoms with E-state index < -0.39 is 5.60 Å². The van der Waals surface area contributed by atoms with Crippen molar-refractivity contribution >= 4 is 5.97 Å². The molecule has 4 heteroatoms. The Bertz CT molecular complexity index is 722. The molecule has 0 aromatic carbocycles. The number of hydrogen-bond acceptors (Lipinski definition) is 4. The Labute approximate surface area is 162 Å². The van der Waals surface area contributed by atoms with Gasteiger partial charge in [0.25, 0.3) is 0 Å².